The Balaban J connectivity index is 2.05. The molecule has 2 nitrogen and oxygen atoms in total. The third-order valence-corrected chi connectivity index (χ3v) is 3.96. The van der Waals surface area contributed by atoms with Gasteiger partial charge >= 0.3 is 5.97 Å². The van der Waals surface area contributed by atoms with E-state index in [0.717, 1.165) is 16.2 Å². The monoisotopic (exact) mass is 272 g/mol. The highest BCUT2D eigenvalue weighted by Crippen LogP contribution is 2.26. The summed E-state index contributed by atoms with van der Waals surface area (Å²) in [5.74, 6) is 0.701. The van der Waals surface area contributed by atoms with Crippen LogP contribution < -0.4 is 0 Å². The zero-order valence-corrected chi connectivity index (χ0v) is 11.7. The van der Waals surface area contributed by atoms with E-state index in [1.807, 2.05) is 42.5 Å². The normalized spacial score (nSPS) is 10.2. The lowest BCUT2D eigenvalue weighted by Crippen LogP contribution is -2.05. The van der Waals surface area contributed by atoms with Gasteiger partial charge in [0.15, 0.2) is 0 Å². The van der Waals surface area contributed by atoms with Gasteiger partial charge in [0.25, 0.3) is 0 Å². The molecule has 0 saturated carbocycles. The molecule has 98 valence electrons. The number of hydrogen-bond donors (Lipinski definition) is 0. The zero-order chi connectivity index (χ0) is 13.5. The summed E-state index contributed by atoms with van der Waals surface area (Å²) in [6.07, 6.45) is 0.328. The van der Waals surface area contributed by atoms with Crippen molar-refractivity contribution < 1.29 is 9.53 Å². The van der Waals surface area contributed by atoms with Crippen molar-refractivity contribution in [1.82, 2.24) is 0 Å². The fourth-order valence-electron chi connectivity index (χ4n) is 1.75. The van der Waals surface area contributed by atoms with E-state index in [4.69, 9.17) is 4.74 Å². The fraction of sp³-hybridized carbons (Fsp3) is 0.188. The summed E-state index contributed by atoms with van der Waals surface area (Å²) in [5, 5.41) is 0. The molecule has 0 N–H and O–H groups in total. The number of esters is 1. The first kappa shape index (κ1) is 13.7. The van der Waals surface area contributed by atoms with Crippen LogP contribution in [0.15, 0.2) is 59.5 Å². The Kier molecular flexibility index (Phi) is 5.04. The molecule has 2 rings (SSSR count). The molecule has 0 radical (unpaired) electrons. The molecule has 0 heterocycles. The first-order chi connectivity index (χ1) is 9.29. The van der Waals surface area contributed by atoms with Crippen LogP contribution in [0.3, 0.4) is 0 Å². The van der Waals surface area contributed by atoms with Crippen molar-refractivity contribution in [3.8, 4) is 0 Å². The summed E-state index contributed by atoms with van der Waals surface area (Å²) in [5.41, 5.74) is 2.30. The summed E-state index contributed by atoms with van der Waals surface area (Å²) in [4.78, 5) is 12.5. The van der Waals surface area contributed by atoms with Gasteiger partial charge in [0.1, 0.15) is 0 Å². The SMILES string of the molecule is COC(=O)Cc1ccccc1SCc1ccccc1. The standard InChI is InChI=1S/C16H16O2S/c1-18-16(17)11-14-9-5-6-10-15(14)19-12-13-7-3-2-4-8-13/h2-10H,11-12H2,1H3. The van der Waals surface area contributed by atoms with Crippen LogP contribution in [0.5, 0.6) is 0 Å². The van der Waals surface area contributed by atoms with Crippen LogP contribution in [-0.4, -0.2) is 13.1 Å². The Hall–Kier alpha value is -1.74. The maximum absolute atomic E-state index is 11.4. The van der Waals surface area contributed by atoms with Gasteiger partial charge in [-0.3, -0.25) is 4.79 Å². The lowest BCUT2D eigenvalue weighted by atomic mass is 10.1. The van der Waals surface area contributed by atoms with Crippen LogP contribution in [0.4, 0.5) is 0 Å². The Morgan fingerprint density at radius 3 is 2.47 bits per heavy atom. The Bertz CT molecular complexity index is 537. The topological polar surface area (TPSA) is 26.3 Å². The highest BCUT2D eigenvalue weighted by atomic mass is 32.2. The minimum Gasteiger partial charge on any atom is -0.469 e. The average Bonchev–Trinajstić information content (AvgIpc) is 2.47. The van der Waals surface area contributed by atoms with Crippen molar-refractivity contribution in [2.24, 2.45) is 0 Å². The molecule has 0 saturated heterocycles. The van der Waals surface area contributed by atoms with Crippen LogP contribution in [0.1, 0.15) is 11.1 Å². The number of carbonyl (C=O) groups is 1. The van der Waals surface area contributed by atoms with E-state index in [1.165, 1.54) is 12.7 Å². The van der Waals surface area contributed by atoms with E-state index < -0.39 is 0 Å². The number of methoxy groups -OCH3 is 1. The molecule has 2 aromatic carbocycles. The first-order valence-electron chi connectivity index (χ1n) is 6.11. The largest absolute Gasteiger partial charge is 0.469 e. The highest BCUT2D eigenvalue weighted by Gasteiger charge is 2.08. The molecule has 0 spiro atoms. The molecule has 0 amide bonds. The minimum absolute atomic E-state index is 0.201. The van der Waals surface area contributed by atoms with E-state index in [2.05, 4.69) is 12.1 Å². The maximum Gasteiger partial charge on any atom is 0.310 e. The van der Waals surface area contributed by atoms with Crippen LogP contribution in [0.25, 0.3) is 0 Å². The molecule has 0 fully saturated rings. The molecular weight excluding hydrogens is 256 g/mol. The maximum atomic E-state index is 11.4. The van der Waals surface area contributed by atoms with Gasteiger partial charge in [-0.15, -0.1) is 11.8 Å². The van der Waals surface area contributed by atoms with Crippen molar-refractivity contribution in [3.05, 3.63) is 65.7 Å². The summed E-state index contributed by atoms with van der Waals surface area (Å²) in [6.45, 7) is 0. The van der Waals surface area contributed by atoms with Crippen molar-refractivity contribution in [3.63, 3.8) is 0 Å². The second-order valence-corrected chi connectivity index (χ2v) is 5.15. The predicted molar refractivity (Wildman–Crippen MR) is 78.2 cm³/mol. The van der Waals surface area contributed by atoms with Gasteiger partial charge < -0.3 is 4.74 Å². The minimum atomic E-state index is -0.201. The van der Waals surface area contributed by atoms with Gasteiger partial charge in [-0.1, -0.05) is 48.5 Å². The first-order valence-corrected chi connectivity index (χ1v) is 7.09. The number of hydrogen-bond acceptors (Lipinski definition) is 3. The van der Waals surface area contributed by atoms with Crippen LogP contribution >= 0.6 is 11.8 Å². The van der Waals surface area contributed by atoms with E-state index >= 15 is 0 Å². The molecular formula is C16H16O2S. The molecule has 0 aromatic heterocycles. The predicted octanol–water partition coefficient (Wildman–Crippen LogP) is 3.69. The van der Waals surface area contributed by atoms with E-state index in [0.29, 0.717) is 6.42 Å². The third kappa shape index (κ3) is 4.14. The number of benzene rings is 2. The number of thioether (sulfide) groups is 1. The third-order valence-electron chi connectivity index (χ3n) is 2.77. The second-order valence-electron chi connectivity index (χ2n) is 4.13. The Labute approximate surface area is 117 Å². The van der Waals surface area contributed by atoms with Gasteiger partial charge in [-0.2, -0.15) is 0 Å². The zero-order valence-electron chi connectivity index (χ0n) is 10.8. The summed E-state index contributed by atoms with van der Waals surface area (Å²) in [6, 6.07) is 18.3. The molecule has 0 atom stereocenters. The highest BCUT2D eigenvalue weighted by molar-refractivity contribution is 7.98. The van der Waals surface area contributed by atoms with E-state index in [-0.39, 0.29) is 5.97 Å². The van der Waals surface area contributed by atoms with Crippen molar-refractivity contribution >= 4 is 17.7 Å². The van der Waals surface area contributed by atoms with Crippen molar-refractivity contribution in [1.29, 1.82) is 0 Å². The average molecular weight is 272 g/mol. The molecule has 0 unspecified atom stereocenters. The molecule has 0 bridgehead atoms. The van der Waals surface area contributed by atoms with Crippen LogP contribution in [0, 0.1) is 0 Å². The number of carbonyl (C=O) groups excluding carboxylic acids is 1. The Morgan fingerprint density at radius 1 is 1.05 bits per heavy atom. The lowest BCUT2D eigenvalue weighted by molar-refractivity contribution is -0.139. The van der Waals surface area contributed by atoms with Crippen LogP contribution in [0.2, 0.25) is 0 Å². The van der Waals surface area contributed by atoms with Gasteiger partial charge in [0, 0.05) is 10.6 Å². The van der Waals surface area contributed by atoms with Crippen molar-refractivity contribution in [2.75, 3.05) is 7.11 Å². The number of ether oxygens (including phenoxy) is 1. The summed E-state index contributed by atoms with van der Waals surface area (Å²) < 4.78 is 4.72. The second kappa shape index (κ2) is 7.00. The quantitative estimate of drug-likeness (QED) is 0.613. The van der Waals surface area contributed by atoms with Crippen molar-refractivity contribution in [2.45, 2.75) is 17.1 Å². The molecule has 19 heavy (non-hydrogen) atoms. The molecule has 0 aliphatic carbocycles. The van der Waals surface area contributed by atoms with E-state index in [1.54, 1.807) is 11.8 Å². The van der Waals surface area contributed by atoms with Crippen LogP contribution in [-0.2, 0) is 21.7 Å². The fourth-order valence-corrected chi connectivity index (χ4v) is 2.77. The van der Waals surface area contributed by atoms with Gasteiger partial charge in [0.05, 0.1) is 13.5 Å². The van der Waals surface area contributed by atoms with E-state index in [9.17, 15) is 4.79 Å². The lowest BCUT2D eigenvalue weighted by Gasteiger charge is -2.08. The van der Waals surface area contributed by atoms with Gasteiger partial charge in [-0.25, -0.2) is 0 Å². The molecule has 3 heteroatoms. The number of rotatable bonds is 5. The van der Waals surface area contributed by atoms with Gasteiger partial charge in [0.2, 0.25) is 0 Å². The molecule has 0 aliphatic rings. The summed E-state index contributed by atoms with van der Waals surface area (Å²) >= 11 is 1.74. The Morgan fingerprint density at radius 2 is 1.74 bits per heavy atom. The smallest absolute Gasteiger partial charge is 0.310 e. The van der Waals surface area contributed by atoms with Gasteiger partial charge in [-0.05, 0) is 17.2 Å². The molecule has 0 aliphatic heterocycles. The molecule has 2 aromatic rings. The summed E-state index contributed by atoms with van der Waals surface area (Å²) in [7, 11) is 1.42.